The molecule has 16 heavy (non-hydrogen) atoms. The predicted molar refractivity (Wildman–Crippen MR) is 69.2 cm³/mol. The lowest BCUT2D eigenvalue weighted by atomic mass is 10.0. The van der Waals surface area contributed by atoms with E-state index in [2.05, 4.69) is 24.3 Å². The van der Waals surface area contributed by atoms with Crippen LogP contribution in [0.1, 0.15) is 11.1 Å². The third-order valence-electron chi connectivity index (χ3n) is 2.48. The Kier molecular flexibility index (Phi) is 4.87. The fourth-order valence-corrected chi connectivity index (χ4v) is 1.60. The van der Waals surface area contributed by atoms with Crippen molar-refractivity contribution in [1.29, 1.82) is 0 Å². The minimum atomic E-state index is 0. The molecule has 0 aliphatic heterocycles. The molecule has 84 valence electrons. The van der Waals surface area contributed by atoms with Crippen LogP contribution in [0.4, 0.5) is 0 Å². The Labute approximate surface area is 102 Å². The standard InChI is InChI=1S/C14H14O.ClH/c15-14-10-8-13(9-11-14)7-6-12-4-2-1-3-5-12;/h1-5,8-11,15H,6-7H2;1H. The van der Waals surface area contributed by atoms with Crippen LogP contribution in [-0.4, -0.2) is 5.11 Å². The fourth-order valence-electron chi connectivity index (χ4n) is 1.60. The lowest BCUT2D eigenvalue weighted by Gasteiger charge is -2.01. The molecule has 0 spiro atoms. The average Bonchev–Trinajstić information content (AvgIpc) is 2.30. The fraction of sp³-hybridized carbons (Fsp3) is 0.143. The molecule has 0 aliphatic carbocycles. The van der Waals surface area contributed by atoms with Gasteiger partial charge in [0.15, 0.2) is 0 Å². The molecule has 0 radical (unpaired) electrons. The Hall–Kier alpha value is -1.47. The van der Waals surface area contributed by atoms with Gasteiger partial charge in [0.2, 0.25) is 0 Å². The maximum atomic E-state index is 9.14. The number of benzene rings is 2. The lowest BCUT2D eigenvalue weighted by molar-refractivity contribution is 0.475. The van der Waals surface area contributed by atoms with Crippen LogP contribution >= 0.6 is 12.4 Å². The summed E-state index contributed by atoms with van der Waals surface area (Å²) >= 11 is 0. The Bertz CT molecular complexity index is 409. The highest BCUT2D eigenvalue weighted by molar-refractivity contribution is 5.85. The van der Waals surface area contributed by atoms with Crippen molar-refractivity contribution in [1.82, 2.24) is 0 Å². The number of halogens is 1. The van der Waals surface area contributed by atoms with Crippen LogP contribution in [0.5, 0.6) is 5.75 Å². The van der Waals surface area contributed by atoms with Gasteiger partial charge in [0.25, 0.3) is 0 Å². The number of phenols is 1. The molecule has 0 saturated heterocycles. The third kappa shape index (κ3) is 3.59. The van der Waals surface area contributed by atoms with Gasteiger partial charge in [-0.25, -0.2) is 0 Å². The highest BCUT2D eigenvalue weighted by Crippen LogP contribution is 2.12. The zero-order valence-electron chi connectivity index (χ0n) is 8.97. The number of aryl methyl sites for hydroxylation is 2. The maximum Gasteiger partial charge on any atom is 0.115 e. The molecule has 2 rings (SSSR count). The summed E-state index contributed by atoms with van der Waals surface area (Å²) in [6.07, 6.45) is 2.07. The van der Waals surface area contributed by atoms with Gasteiger partial charge in [0.1, 0.15) is 5.75 Å². The monoisotopic (exact) mass is 234 g/mol. The number of phenolic OH excluding ortho intramolecular Hbond substituents is 1. The van der Waals surface area contributed by atoms with Crippen LogP contribution in [0.15, 0.2) is 54.6 Å². The maximum absolute atomic E-state index is 9.14. The van der Waals surface area contributed by atoms with Crippen LogP contribution in [0.2, 0.25) is 0 Å². The van der Waals surface area contributed by atoms with E-state index in [1.165, 1.54) is 11.1 Å². The number of hydrogen-bond donors (Lipinski definition) is 1. The van der Waals surface area contributed by atoms with Gasteiger partial charge in [-0.05, 0) is 36.1 Å². The number of rotatable bonds is 3. The van der Waals surface area contributed by atoms with E-state index in [4.69, 9.17) is 5.11 Å². The molecule has 0 heterocycles. The number of hydrogen-bond acceptors (Lipinski definition) is 1. The quantitative estimate of drug-likeness (QED) is 0.861. The minimum Gasteiger partial charge on any atom is -0.508 e. The molecule has 1 N–H and O–H groups in total. The zero-order chi connectivity index (χ0) is 10.5. The molecule has 0 bridgehead atoms. The summed E-state index contributed by atoms with van der Waals surface area (Å²) in [7, 11) is 0. The van der Waals surface area contributed by atoms with E-state index in [1.807, 2.05) is 18.2 Å². The van der Waals surface area contributed by atoms with Crippen molar-refractivity contribution in [2.75, 3.05) is 0 Å². The molecule has 0 aliphatic rings. The molecule has 0 atom stereocenters. The lowest BCUT2D eigenvalue weighted by Crippen LogP contribution is -1.90. The van der Waals surface area contributed by atoms with Crippen molar-refractivity contribution < 1.29 is 5.11 Å². The number of aromatic hydroxyl groups is 1. The Morgan fingerprint density at radius 2 is 1.19 bits per heavy atom. The Morgan fingerprint density at radius 3 is 1.75 bits per heavy atom. The Balaban J connectivity index is 0.00000128. The van der Waals surface area contributed by atoms with Crippen molar-refractivity contribution in [2.24, 2.45) is 0 Å². The molecule has 0 amide bonds. The smallest absolute Gasteiger partial charge is 0.115 e. The van der Waals surface area contributed by atoms with E-state index in [9.17, 15) is 0 Å². The van der Waals surface area contributed by atoms with Crippen LogP contribution in [-0.2, 0) is 12.8 Å². The first-order valence-corrected chi connectivity index (χ1v) is 5.16. The van der Waals surface area contributed by atoms with Gasteiger partial charge in [-0.15, -0.1) is 12.4 Å². The summed E-state index contributed by atoms with van der Waals surface area (Å²) in [5, 5.41) is 9.14. The van der Waals surface area contributed by atoms with Gasteiger partial charge in [0.05, 0.1) is 0 Å². The summed E-state index contributed by atoms with van der Waals surface area (Å²) in [5.74, 6) is 0.332. The molecule has 0 saturated carbocycles. The van der Waals surface area contributed by atoms with Crippen molar-refractivity contribution in [3.63, 3.8) is 0 Å². The predicted octanol–water partition coefficient (Wildman–Crippen LogP) is 3.60. The summed E-state index contributed by atoms with van der Waals surface area (Å²) in [6.45, 7) is 0. The molecular formula is C14H15ClO. The van der Waals surface area contributed by atoms with E-state index in [0.717, 1.165) is 12.8 Å². The van der Waals surface area contributed by atoms with E-state index in [1.54, 1.807) is 12.1 Å². The summed E-state index contributed by atoms with van der Waals surface area (Å²) in [4.78, 5) is 0. The van der Waals surface area contributed by atoms with Crippen LogP contribution in [0, 0.1) is 0 Å². The van der Waals surface area contributed by atoms with Crippen molar-refractivity contribution in [2.45, 2.75) is 12.8 Å². The molecule has 0 fully saturated rings. The molecule has 0 unspecified atom stereocenters. The second-order valence-corrected chi connectivity index (χ2v) is 3.65. The average molecular weight is 235 g/mol. The van der Waals surface area contributed by atoms with Crippen LogP contribution in [0.25, 0.3) is 0 Å². The van der Waals surface area contributed by atoms with Crippen LogP contribution < -0.4 is 0 Å². The van der Waals surface area contributed by atoms with Crippen LogP contribution in [0.3, 0.4) is 0 Å². The first-order valence-electron chi connectivity index (χ1n) is 5.16. The van der Waals surface area contributed by atoms with Gasteiger partial charge >= 0.3 is 0 Å². The third-order valence-corrected chi connectivity index (χ3v) is 2.48. The normalized spacial score (nSPS) is 9.50. The highest BCUT2D eigenvalue weighted by atomic mass is 35.5. The van der Waals surface area contributed by atoms with Crippen molar-refractivity contribution in [3.05, 3.63) is 65.7 Å². The largest absolute Gasteiger partial charge is 0.508 e. The molecule has 0 aromatic heterocycles. The van der Waals surface area contributed by atoms with Crippen molar-refractivity contribution >= 4 is 12.4 Å². The molecule has 1 nitrogen and oxygen atoms in total. The van der Waals surface area contributed by atoms with E-state index in [-0.39, 0.29) is 12.4 Å². The van der Waals surface area contributed by atoms with E-state index < -0.39 is 0 Å². The summed E-state index contributed by atoms with van der Waals surface area (Å²) in [5.41, 5.74) is 2.61. The van der Waals surface area contributed by atoms with Gasteiger partial charge < -0.3 is 5.11 Å². The van der Waals surface area contributed by atoms with E-state index in [0.29, 0.717) is 5.75 Å². The highest BCUT2D eigenvalue weighted by Gasteiger charge is 1.95. The molecule has 2 aromatic carbocycles. The summed E-state index contributed by atoms with van der Waals surface area (Å²) in [6, 6.07) is 17.8. The second kappa shape index (κ2) is 6.19. The first-order chi connectivity index (χ1) is 7.34. The Morgan fingerprint density at radius 1 is 0.688 bits per heavy atom. The topological polar surface area (TPSA) is 20.2 Å². The molecule has 2 aromatic rings. The summed E-state index contributed by atoms with van der Waals surface area (Å²) < 4.78 is 0. The molecule has 2 heteroatoms. The SMILES string of the molecule is Cl.Oc1ccc(CCc2ccccc2)cc1. The first kappa shape index (κ1) is 12.6. The van der Waals surface area contributed by atoms with Gasteiger partial charge in [-0.2, -0.15) is 0 Å². The molecular weight excluding hydrogens is 220 g/mol. The van der Waals surface area contributed by atoms with E-state index >= 15 is 0 Å². The second-order valence-electron chi connectivity index (χ2n) is 3.65. The van der Waals surface area contributed by atoms with Gasteiger partial charge in [0, 0.05) is 0 Å². The minimum absolute atomic E-state index is 0. The van der Waals surface area contributed by atoms with Crippen molar-refractivity contribution in [3.8, 4) is 5.75 Å². The van der Waals surface area contributed by atoms with Gasteiger partial charge in [-0.1, -0.05) is 42.5 Å². The zero-order valence-corrected chi connectivity index (χ0v) is 9.78. The van der Waals surface area contributed by atoms with Gasteiger partial charge in [-0.3, -0.25) is 0 Å².